The Morgan fingerprint density at radius 3 is 2.79 bits per heavy atom. The lowest BCUT2D eigenvalue weighted by Gasteiger charge is -2.00. The molecule has 2 heterocycles. The Morgan fingerprint density at radius 1 is 1.32 bits per heavy atom. The zero-order chi connectivity index (χ0) is 13.7. The zero-order valence-electron chi connectivity index (χ0n) is 11.6. The summed E-state index contributed by atoms with van der Waals surface area (Å²) in [4.78, 5) is 0. The van der Waals surface area contributed by atoms with E-state index in [0.29, 0.717) is 0 Å². The molecule has 2 aromatic heterocycles. The average molecular weight is 280 g/mol. The Bertz CT molecular complexity index is 520. The predicted molar refractivity (Wildman–Crippen MR) is 76.0 cm³/mol. The quantitative estimate of drug-likeness (QED) is 0.624. The molecule has 0 fully saturated rings. The second-order valence-electron chi connectivity index (χ2n) is 4.42. The van der Waals surface area contributed by atoms with Gasteiger partial charge in [0, 0.05) is 7.05 Å². The van der Waals surface area contributed by atoms with Crippen LogP contribution in [0.15, 0.2) is 21.7 Å². The van der Waals surface area contributed by atoms with Gasteiger partial charge in [-0.15, -0.1) is 10.2 Å². The fraction of sp³-hybridized carbons (Fsp3) is 0.538. The van der Waals surface area contributed by atoms with E-state index in [1.807, 2.05) is 30.7 Å². The lowest BCUT2D eigenvalue weighted by Crippen LogP contribution is -2.12. The molecule has 0 amide bonds. The third kappa shape index (κ3) is 3.84. The van der Waals surface area contributed by atoms with E-state index in [1.165, 1.54) is 0 Å². The maximum Gasteiger partial charge on any atom is 0.191 e. The smallest absolute Gasteiger partial charge is 0.191 e. The van der Waals surface area contributed by atoms with Gasteiger partial charge in [0.05, 0.1) is 12.3 Å². The second kappa shape index (κ2) is 6.77. The van der Waals surface area contributed by atoms with Crippen molar-refractivity contribution >= 4 is 11.8 Å². The van der Waals surface area contributed by atoms with Gasteiger partial charge in [0.15, 0.2) is 5.16 Å². The Morgan fingerprint density at radius 2 is 2.11 bits per heavy atom. The van der Waals surface area contributed by atoms with Gasteiger partial charge in [-0.1, -0.05) is 18.7 Å². The fourth-order valence-corrected chi connectivity index (χ4v) is 2.48. The number of aromatic nitrogens is 3. The fourth-order valence-electron chi connectivity index (χ4n) is 1.63. The van der Waals surface area contributed by atoms with Crippen molar-refractivity contribution in [2.75, 3.05) is 6.54 Å². The molecule has 104 valence electrons. The highest BCUT2D eigenvalue weighted by Gasteiger charge is 2.08. The van der Waals surface area contributed by atoms with Crippen molar-refractivity contribution in [2.24, 2.45) is 7.05 Å². The van der Waals surface area contributed by atoms with Crippen LogP contribution in [0.1, 0.15) is 30.7 Å². The first-order valence-corrected chi connectivity index (χ1v) is 7.46. The molecular formula is C13H20N4OS. The van der Waals surface area contributed by atoms with Crippen molar-refractivity contribution in [3.63, 3.8) is 0 Å². The zero-order valence-corrected chi connectivity index (χ0v) is 12.5. The number of thioether (sulfide) groups is 1. The molecule has 0 atom stereocenters. The first-order valence-electron chi connectivity index (χ1n) is 6.47. The van der Waals surface area contributed by atoms with E-state index >= 15 is 0 Å². The van der Waals surface area contributed by atoms with E-state index in [-0.39, 0.29) is 0 Å². The van der Waals surface area contributed by atoms with Crippen LogP contribution < -0.4 is 5.32 Å². The van der Waals surface area contributed by atoms with Crippen LogP contribution in [0.25, 0.3) is 0 Å². The number of aryl methyl sites for hydroxylation is 1. The van der Waals surface area contributed by atoms with Crippen LogP contribution in [-0.2, 0) is 19.3 Å². The summed E-state index contributed by atoms with van der Waals surface area (Å²) >= 11 is 1.64. The van der Waals surface area contributed by atoms with Crippen molar-refractivity contribution in [3.8, 4) is 0 Å². The predicted octanol–water partition coefficient (Wildman–Crippen LogP) is 2.51. The van der Waals surface area contributed by atoms with E-state index in [2.05, 4.69) is 22.4 Å². The lowest BCUT2D eigenvalue weighted by molar-refractivity contribution is 0.459. The molecule has 2 rings (SSSR count). The number of furan rings is 1. The van der Waals surface area contributed by atoms with Gasteiger partial charge in [0.2, 0.25) is 0 Å². The molecule has 0 aliphatic rings. The Balaban J connectivity index is 1.84. The second-order valence-corrected chi connectivity index (χ2v) is 5.36. The van der Waals surface area contributed by atoms with Crippen LogP contribution >= 0.6 is 11.8 Å². The van der Waals surface area contributed by atoms with Crippen LogP contribution in [0.5, 0.6) is 0 Å². The third-order valence-corrected chi connectivity index (χ3v) is 3.88. The highest BCUT2D eigenvalue weighted by molar-refractivity contribution is 7.98. The molecule has 0 aliphatic carbocycles. The first-order chi connectivity index (χ1) is 9.20. The largest absolute Gasteiger partial charge is 0.464 e. The molecule has 0 spiro atoms. The standard InChI is InChI=1S/C13H20N4OS/c1-4-7-14-8-11-5-6-12(18-11)9-19-13-16-15-10(2)17(13)3/h5-6,14H,4,7-9H2,1-3H3. The van der Waals surface area contributed by atoms with E-state index in [0.717, 1.165) is 47.8 Å². The number of hydrogen-bond acceptors (Lipinski definition) is 5. The van der Waals surface area contributed by atoms with E-state index in [4.69, 9.17) is 4.42 Å². The van der Waals surface area contributed by atoms with Gasteiger partial charge >= 0.3 is 0 Å². The van der Waals surface area contributed by atoms with Crippen LogP contribution in [0.4, 0.5) is 0 Å². The molecule has 1 N–H and O–H groups in total. The van der Waals surface area contributed by atoms with Gasteiger partial charge in [-0.2, -0.15) is 0 Å². The lowest BCUT2D eigenvalue weighted by atomic mass is 10.4. The molecule has 0 aliphatic heterocycles. The van der Waals surface area contributed by atoms with Gasteiger partial charge in [0.25, 0.3) is 0 Å². The normalized spacial score (nSPS) is 11.1. The summed E-state index contributed by atoms with van der Waals surface area (Å²) in [7, 11) is 1.97. The van der Waals surface area contributed by atoms with Crippen LogP contribution in [0, 0.1) is 6.92 Å². The summed E-state index contributed by atoms with van der Waals surface area (Å²) < 4.78 is 7.74. The molecule has 5 nitrogen and oxygen atoms in total. The summed E-state index contributed by atoms with van der Waals surface area (Å²) in [6, 6.07) is 4.06. The first kappa shape index (κ1) is 14.1. The SMILES string of the molecule is CCCNCc1ccc(CSc2nnc(C)n2C)o1. The number of nitrogens with one attached hydrogen (secondary N) is 1. The van der Waals surface area contributed by atoms with Gasteiger partial charge < -0.3 is 14.3 Å². The summed E-state index contributed by atoms with van der Waals surface area (Å²) in [5.41, 5.74) is 0. The molecule has 6 heteroatoms. The van der Waals surface area contributed by atoms with Crippen molar-refractivity contribution in [1.82, 2.24) is 20.1 Å². The highest BCUT2D eigenvalue weighted by Crippen LogP contribution is 2.22. The molecule has 0 aromatic carbocycles. The van der Waals surface area contributed by atoms with Gasteiger partial charge in [-0.05, 0) is 32.0 Å². The Labute approximate surface area is 117 Å². The third-order valence-electron chi connectivity index (χ3n) is 2.84. The number of hydrogen-bond donors (Lipinski definition) is 1. The minimum Gasteiger partial charge on any atom is -0.464 e. The molecule has 0 saturated carbocycles. The minimum absolute atomic E-state index is 0.778. The number of nitrogens with zero attached hydrogens (tertiary/aromatic N) is 3. The Hall–Kier alpha value is -1.27. The molecule has 0 bridgehead atoms. The van der Waals surface area contributed by atoms with E-state index in [1.54, 1.807) is 11.8 Å². The molecule has 2 aromatic rings. The maximum atomic E-state index is 5.76. The van der Waals surface area contributed by atoms with Crippen molar-refractivity contribution < 1.29 is 4.42 Å². The maximum absolute atomic E-state index is 5.76. The summed E-state index contributed by atoms with van der Waals surface area (Å²) in [5.74, 6) is 3.66. The molecule has 0 saturated heterocycles. The van der Waals surface area contributed by atoms with Gasteiger partial charge in [-0.3, -0.25) is 0 Å². The van der Waals surface area contributed by atoms with Crippen LogP contribution in [-0.4, -0.2) is 21.3 Å². The van der Waals surface area contributed by atoms with Crippen LogP contribution in [0.2, 0.25) is 0 Å². The van der Waals surface area contributed by atoms with Crippen LogP contribution in [0.3, 0.4) is 0 Å². The van der Waals surface area contributed by atoms with E-state index in [9.17, 15) is 0 Å². The van der Waals surface area contributed by atoms with Gasteiger partial charge in [-0.25, -0.2) is 0 Å². The number of rotatable bonds is 7. The minimum atomic E-state index is 0.778. The molecule has 0 unspecified atom stereocenters. The van der Waals surface area contributed by atoms with Crippen molar-refractivity contribution in [3.05, 3.63) is 29.5 Å². The van der Waals surface area contributed by atoms with Crippen molar-refractivity contribution in [1.29, 1.82) is 0 Å². The molecular weight excluding hydrogens is 260 g/mol. The molecule has 19 heavy (non-hydrogen) atoms. The van der Waals surface area contributed by atoms with E-state index < -0.39 is 0 Å². The van der Waals surface area contributed by atoms with Crippen molar-refractivity contribution in [2.45, 2.75) is 37.7 Å². The topological polar surface area (TPSA) is 55.9 Å². The Kier molecular flexibility index (Phi) is 5.04. The highest BCUT2D eigenvalue weighted by atomic mass is 32.2. The summed E-state index contributed by atoms with van der Waals surface area (Å²) in [5, 5.41) is 12.4. The summed E-state index contributed by atoms with van der Waals surface area (Å²) in [6.45, 7) is 5.91. The average Bonchev–Trinajstić information content (AvgIpc) is 2.97. The summed E-state index contributed by atoms with van der Waals surface area (Å²) in [6.07, 6.45) is 1.13. The van der Waals surface area contributed by atoms with Gasteiger partial charge in [0.1, 0.15) is 17.3 Å². The molecule has 0 radical (unpaired) electrons. The monoisotopic (exact) mass is 280 g/mol.